The number of hydrogen-bond donors (Lipinski definition) is 3. The van der Waals surface area contributed by atoms with Crippen LogP contribution in [0, 0.1) is 32.6 Å². The number of hydrogen-bond acceptors (Lipinski definition) is 4. The van der Waals surface area contributed by atoms with Gasteiger partial charge >= 0.3 is 5.97 Å². The lowest BCUT2D eigenvalue weighted by molar-refractivity contribution is -0.140. The molecule has 0 aromatic carbocycles. The predicted octanol–water partition coefficient (Wildman–Crippen LogP) is 4.97. The van der Waals surface area contributed by atoms with Crippen LogP contribution in [-0.4, -0.2) is 39.5 Å². The number of ether oxygens (including phenoxy) is 1. The SMILES string of the molecule is C=Cc1c2[nH]c(c1C)C=C1N=C(C3=c4[nH]c(c(C)c4C(=O)C3)=Cc3[nH]c(c(C)c3CC)C2)[C@H](CCC(=O)OC)[C@H]1C. The number of allylic oxidation sites excluding steroid dienone is 1. The first-order valence-electron chi connectivity index (χ1n) is 14.5. The standard InChI is InChI=1S/C34H38N4O3/c1-8-20-16(3)24-13-26-18(5)22(10-11-31(40)41-7)33(37-26)23-12-30(39)32-19(6)27(38-34(23)32)15-29-21(9-2)17(4)25(36-29)14-28(20)35-24/h8,13,15,18,22,35-36,38H,1,9-12,14H2,2-7H3/t18-,22-/m1/s1. The third-order valence-electron chi connectivity index (χ3n) is 9.50. The summed E-state index contributed by atoms with van der Waals surface area (Å²) in [6.45, 7) is 14.8. The van der Waals surface area contributed by atoms with Gasteiger partial charge in [0.05, 0.1) is 18.2 Å². The minimum atomic E-state index is -0.235. The Hall–Kier alpha value is -4.13. The third kappa shape index (κ3) is 4.21. The van der Waals surface area contributed by atoms with Crippen LogP contribution in [0.15, 0.2) is 17.3 Å². The van der Waals surface area contributed by atoms with Crippen LogP contribution in [-0.2, 0) is 22.4 Å². The van der Waals surface area contributed by atoms with Gasteiger partial charge in [-0.25, -0.2) is 0 Å². The van der Waals surface area contributed by atoms with E-state index in [4.69, 9.17) is 9.73 Å². The second kappa shape index (κ2) is 10.1. The largest absolute Gasteiger partial charge is 0.469 e. The summed E-state index contributed by atoms with van der Waals surface area (Å²) in [6, 6.07) is 0. The maximum absolute atomic E-state index is 13.4. The van der Waals surface area contributed by atoms with Crippen molar-refractivity contribution in [2.75, 3.05) is 7.11 Å². The number of fused-ring (bicyclic) bond motifs is 7. The van der Waals surface area contributed by atoms with Gasteiger partial charge in [-0.3, -0.25) is 14.6 Å². The number of ketones is 1. The number of H-pyrrole nitrogens is 3. The molecule has 6 rings (SSSR count). The molecule has 7 heteroatoms. The molecule has 41 heavy (non-hydrogen) atoms. The molecule has 0 saturated heterocycles. The Balaban J connectivity index is 1.65. The first-order valence-corrected chi connectivity index (χ1v) is 14.5. The van der Waals surface area contributed by atoms with Crippen molar-refractivity contribution in [3.8, 4) is 0 Å². The average Bonchev–Trinajstić information content (AvgIpc) is 3.70. The summed E-state index contributed by atoms with van der Waals surface area (Å²) < 4.78 is 4.97. The van der Waals surface area contributed by atoms with Gasteiger partial charge in [0.1, 0.15) is 0 Å². The van der Waals surface area contributed by atoms with Gasteiger partial charge in [-0.05, 0) is 73.6 Å². The molecule has 2 aliphatic heterocycles. The minimum absolute atomic E-state index is 0.00526. The number of methoxy groups -OCH3 is 1. The van der Waals surface area contributed by atoms with E-state index in [-0.39, 0.29) is 23.6 Å². The number of rotatable bonds is 5. The van der Waals surface area contributed by atoms with E-state index in [1.165, 1.54) is 23.9 Å². The van der Waals surface area contributed by atoms with Gasteiger partial charge < -0.3 is 19.7 Å². The van der Waals surface area contributed by atoms with E-state index >= 15 is 0 Å². The molecule has 0 unspecified atom stereocenters. The molecule has 5 heterocycles. The highest BCUT2D eigenvalue weighted by molar-refractivity contribution is 6.28. The first kappa shape index (κ1) is 27.1. The predicted molar refractivity (Wildman–Crippen MR) is 163 cm³/mol. The van der Waals surface area contributed by atoms with Crippen LogP contribution in [0.4, 0.5) is 0 Å². The molecule has 1 aliphatic carbocycles. The fourth-order valence-corrected chi connectivity index (χ4v) is 7.07. The van der Waals surface area contributed by atoms with Crippen LogP contribution < -0.4 is 10.7 Å². The lowest BCUT2D eigenvalue weighted by Gasteiger charge is -2.18. The Morgan fingerprint density at radius 3 is 2.54 bits per heavy atom. The van der Waals surface area contributed by atoms with E-state index in [1.807, 2.05) is 13.0 Å². The van der Waals surface area contributed by atoms with Crippen LogP contribution in [0.2, 0.25) is 0 Å². The zero-order valence-corrected chi connectivity index (χ0v) is 24.8. The topological polar surface area (TPSA) is 103 Å². The van der Waals surface area contributed by atoms with Crippen molar-refractivity contribution in [1.82, 2.24) is 15.0 Å². The number of carbonyl (C=O) groups is 2. The summed E-state index contributed by atoms with van der Waals surface area (Å²) in [7, 11) is 1.42. The van der Waals surface area contributed by atoms with Crippen molar-refractivity contribution in [3.63, 3.8) is 0 Å². The lowest BCUT2D eigenvalue weighted by atomic mass is 9.83. The normalized spacial score (nSPS) is 19.3. The van der Waals surface area contributed by atoms with Crippen molar-refractivity contribution in [1.29, 1.82) is 0 Å². The molecule has 212 valence electrons. The summed E-state index contributed by atoms with van der Waals surface area (Å²) in [6.07, 6.45) is 9.06. The van der Waals surface area contributed by atoms with E-state index in [9.17, 15) is 9.59 Å². The summed E-state index contributed by atoms with van der Waals surface area (Å²) in [5.74, 6) is -0.0593. The first-order chi connectivity index (χ1) is 19.7. The molecule has 3 aromatic rings. The fraction of sp³-hybridized carbons (Fsp3) is 0.382. The van der Waals surface area contributed by atoms with E-state index in [1.54, 1.807) is 0 Å². The second-order valence-corrected chi connectivity index (χ2v) is 11.6. The van der Waals surface area contributed by atoms with E-state index in [0.29, 0.717) is 19.3 Å². The minimum Gasteiger partial charge on any atom is -0.469 e. The monoisotopic (exact) mass is 550 g/mol. The zero-order chi connectivity index (χ0) is 29.2. The second-order valence-electron chi connectivity index (χ2n) is 11.6. The highest BCUT2D eigenvalue weighted by atomic mass is 16.5. The fourth-order valence-electron chi connectivity index (χ4n) is 7.07. The molecular weight excluding hydrogens is 512 g/mol. The van der Waals surface area contributed by atoms with Gasteiger partial charge in [0.2, 0.25) is 0 Å². The molecule has 3 aromatic heterocycles. The van der Waals surface area contributed by atoms with Gasteiger partial charge in [-0.2, -0.15) is 0 Å². The molecule has 7 nitrogen and oxygen atoms in total. The quantitative estimate of drug-likeness (QED) is 0.391. The van der Waals surface area contributed by atoms with E-state index < -0.39 is 0 Å². The number of esters is 1. The van der Waals surface area contributed by atoms with Crippen LogP contribution in [0.5, 0.6) is 0 Å². The number of aromatic amines is 3. The van der Waals surface area contributed by atoms with Crippen molar-refractivity contribution in [3.05, 3.63) is 79.1 Å². The van der Waals surface area contributed by atoms with Gasteiger partial charge in [0.25, 0.3) is 0 Å². The molecule has 0 radical (unpaired) electrons. The smallest absolute Gasteiger partial charge is 0.305 e. The number of nitrogens with zero attached hydrogens (tertiary/aromatic N) is 1. The van der Waals surface area contributed by atoms with Crippen LogP contribution in [0.1, 0.15) is 94.1 Å². The summed E-state index contributed by atoms with van der Waals surface area (Å²) in [5, 5.41) is 1.81. The van der Waals surface area contributed by atoms with Gasteiger partial charge in [-0.1, -0.05) is 26.5 Å². The molecule has 0 amide bonds. The lowest BCUT2D eigenvalue weighted by Crippen LogP contribution is -2.23. The Morgan fingerprint density at radius 1 is 1.07 bits per heavy atom. The molecule has 0 fully saturated rings. The van der Waals surface area contributed by atoms with Crippen molar-refractivity contribution < 1.29 is 14.3 Å². The maximum Gasteiger partial charge on any atom is 0.305 e. The highest BCUT2D eigenvalue weighted by Gasteiger charge is 2.38. The van der Waals surface area contributed by atoms with Crippen molar-refractivity contribution in [2.45, 2.75) is 66.7 Å². The number of aromatic nitrogens is 3. The number of aliphatic imine (C=N–C) groups is 1. The molecule has 3 N–H and O–H groups in total. The molecule has 0 spiro atoms. The zero-order valence-electron chi connectivity index (χ0n) is 24.8. The van der Waals surface area contributed by atoms with Gasteiger partial charge in [0, 0.05) is 76.1 Å². The summed E-state index contributed by atoms with van der Waals surface area (Å²) >= 11 is 0. The summed E-state index contributed by atoms with van der Waals surface area (Å²) in [5.41, 5.74) is 13.7. The number of Topliss-reactive ketones (excluding diaryl/α,β-unsaturated/α-hetero) is 1. The maximum atomic E-state index is 13.4. The molecule has 2 atom stereocenters. The van der Waals surface area contributed by atoms with E-state index in [0.717, 1.165) is 79.9 Å². The average molecular weight is 551 g/mol. The molecule has 8 bridgehead atoms. The summed E-state index contributed by atoms with van der Waals surface area (Å²) in [4.78, 5) is 41.8. The highest BCUT2D eigenvalue weighted by Crippen LogP contribution is 2.40. The Morgan fingerprint density at radius 2 is 1.83 bits per heavy atom. The Bertz CT molecular complexity index is 1820. The van der Waals surface area contributed by atoms with Crippen LogP contribution in [0.25, 0.3) is 23.8 Å². The Kier molecular flexibility index (Phi) is 6.63. The molecule has 0 saturated carbocycles. The molecular formula is C34H38N4O3. The molecule has 3 aliphatic rings. The van der Waals surface area contributed by atoms with Crippen molar-refractivity contribution in [2.24, 2.45) is 16.8 Å². The van der Waals surface area contributed by atoms with E-state index in [2.05, 4.69) is 61.4 Å². The van der Waals surface area contributed by atoms with Crippen molar-refractivity contribution >= 4 is 41.3 Å². The number of carbonyl (C=O) groups excluding carboxylic acids is 2. The van der Waals surface area contributed by atoms with Gasteiger partial charge in [0.15, 0.2) is 5.78 Å². The number of nitrogens with one attached hydrogen (secondary N) is 3. The van der Waals surface area contributed by atoms with Crippen LogP contribution in [0.3, 0.4) is 0 Å². The third-order valence-corrected chi connectivity index (χ3v) is 9.50. The van der Waals surface area contributed by atoms with Crippen LogP contribution >= 0.6 is 0 Å². The van der Waals surface area contributed by atoms with Gasteiger partial charge in [-0.15, -0.1) is 0 Å². The Labute approximate surface area is 240 Å².